The highest BCUT2D eigenvalue weighted by molar-refractivity contribution is 9.10. The van der Waals surface area contributed by atoms with E-state index in [1.807, 2.05) is 36.4 Å². The number of aromatic amines is 1. The summed E-state index contributed by atoms with van der Waals surface area (Å²) in [7, 11) is 0. The Hall–Kier alpha value is -2.38. The molecule has 152 valence electrons. The molecule has 0 radical (unpaired) electrons. The Balaban J connectivity index is 1.69. The van der Waals surface area contributed by atoms with Gasteiger partial charge < -0.3 is 10.1 Å². The van der Waals surface area contributed by atoms with Crippen LogP contribution in [0.5, 0.6) is 5.88 Å². The summed E-state index contributed by atoms with van der Waals surface area (Å²) in [5, 5.41) is 10.4. The van der Waals surface area contributed by atoms with Crippen molar-refractivity contribution in [3.63, 3.8) is 0 Å². The monoisotopic (exact) mass is 476 g/mol. The van der Waals surface area contributed by atoms with Gasteiger partial charge in [-0.3, -0.25) is 9.78 Å². The number of benzene rings is 1. The fourth-order valence-corrected chi connectivity index (χ4v) is 3.34. The molecular weight excluding hydrogens is 456 g/mol. The molecule has 0 atom stereocenters. The fourth-order valence-electron chi connectivity index (χ4n) is 2.81. The van der Waals surface area contributed by atoms with Crippen molar-refractivity contribution >= 4 is 33.2 Å². The minimum absolute atomic E-state index is 0.104. The Morgan fingerprint density at radius 2 is 2.00 bits per heavy atom. The second-order valence-electron chi connectivity index (χ2n) is 7.25. The maximum absolute atomic E-state index is 12.0. The predicted octanol–water partition coefficient (Wildman–Crippen LogP) is 4.94. The van der Waals surface area contributed by atoms with Gasteiger partial charge in [0, 0.05) is 24.0 Å². The van der Waals surface area contributed by atoms with Crippen molar-refractivity contribution in [2.45, 2.75) is 32.2 Å². The molecular formula is C21H22BrClN4O2. The van der Waals surface area contributed by atoms with Gasteiger partial charge in [0.2, 0.25) is 0 Å². The van der Waals surface area contributed by atoms with Gasteiger partial charge >= 0.3 is 0 Å². The van der Waals surface area contributed by atoms with Crippen LogP contribution in [0.25, 0.3) is 0 Å². The van der Waals surface area contributed by atoms with E-state index in [-0.39, 0.29) is 11.0 Å². The molecule has 6 nitrogen and oxygen atoms in total. The summed E-state index contributed by atoms with van der Waals surface area (Å²) in [4.78, 5) is 16.1. The van der Waals surface area contributed by atoms with Crippen LogP contribution in [-0.4, -0.2) is 21.8 Å². The third kappa shape index (κ3) is 5.58. The van der Waals surface area contributed by atoms with E-state index in [2.05, 4.69) is 50.3 Å². The zero-order valence-electron chi connectivity index (χ0n) is 16.2. The van der Waals surface area contributed by atoms with Gasteiger partial charge in [0.25, 0.3) is 11.4 Å². The van der Waals surface area contributed by atoms with Crippen LogP contribution in [0.1, 0.15) is 31.4 Å². The highest BCUT2D eigenvalue weighted by Gasteiger charge is 2.21. The van der Waals surface area contributed by atoms with E-state index in [0.29, 0.717) is 34.2 Å². The first-order valence-corrected chi connectivity index (χ1v) is 10.3. The molecule has 1 aromatic carbocycles. The van der Waals surface area contributed by atoms with E-state index in [1.165, 1.54) is 5.56 Å². The van der Waals surface area contributed by atoms with Crippen LogP contribution < -0.4 is 15.6 Å². The summed E-state index contributed by atoms with van der Waals surface area (Å²) >= 11 is 9.31. The van der Waals surface area contributed by atoms with Crippen LogP contribution in [0.2, 0.25) is 5.02 Å². The Labute approximate surface area is 182 Å². The molecule has 0 fully saturated rings. The zero-order valence-corrected chi connectivity index (χ0v) is 18.5. The van der Waals surface area contributed by atoms with E-state index in [0.717, 1.165) is 12.0 Å². The fraction of sp³-hybridized carbons (Fsp3) is 0.286. The quantitative estimate of drug-likeness (QED) is 0.480. The molecule has 2 aromatic heterocycles. The molecule has 2 N–H and O–H groups in total. The molecule has 8 heteroatoms. The summed E-state index contributed by atoms with van der Waals surface area (Å²) in [5.41, 5.74) is 2.24. The molecule has 3 rings (SSSR count). The van der Waals surface area contributed by atoms with Crippen LogP contribution in [0.15, 0.2) is 58.1 Å². The maximum Gasteiger partial charge on any atom is 0.280 e. The van der Waals surface area contributed by atoms with Crippen molar-refractivity contribution in [2.24, 2.45) is 0 Å². The summed E-state index contributed by atoms with van der Waals surface area (Å²) in [6.45, 7) is 5.22. The molecule has 3 aromatic rings. The molecule has 29 heavy (non-hydrogen) atoms. The zero-order chi connectivity index (χ0) is 20.9. The second kappa shape index (κ2) is 9.41. The normalized spacial score (nSPS) is 11.3. The van der Waals surface area contributed by atoms with Crippen LogP contribution in [0.3, 0.4) is 0 Å². The lowest BCUT2D eigenvalue weighted by Crippen LogP contribution is -2.22. The molecule has 0 saturated heterocycles. The van der Waals surface area contributed by atoms with Crippen molar-refractivity contribution in [3.8, 4) is 5.88 Å². The summed E-state index contributed by atoms with van der Waals surface area (Å²) in [6.07, 6.45) is 4.23. The highest BCUT2D eigenvalue weighted by atomic mass is 79.9. The average Bonchev–Trinajstić information content (AvgIpc) is 2.71. The Morgan fingerprint density at radius 1 is 1.24 bits per heavy atom. The molecule has 0 aliphatic carbocycles. The molecule has 0 saturated carbocycles. The van der Waals surface area contributed by atoms with Crippen LogP contribution >= 0.6 is 27.5 Å². The number of halogens is 2. The second-order valence-corrected chi connectivity index (χ2v) is 8.48. The number of ether oxygens (including phenoxy) is 1. The summed E-state index contributed by atoms with van der Waals surface area (Å²) < 4.78 is 6.28. The molecule has 0 spiro atoms. The molecule has 0 aliphatic heterocycles. The van der Waals surface area contributed by atoms with Crippen molar-refractivity contribution in [3.05, 3.63) is 79.8 Å². The summed E-state index contributed by atoms with van der Waals surface area (Å²) in [6, 6.07) is 11.6. The minimum Gasteiger partial charge on any atom is -0.475 e. The largest absolute Gasteiger partial charge is 0.475 e. The maximum atomic E-state index is 12.0. The molecule has 0 amide bonds. The van der Waals surface area contributed by atoms with Gasteiger partial charge in [0.15, 0.2) is 0 Å². The minimum atomic E-state index is -0.326. The Morgan fingerprint density at radius 3 is 2.69 bits per heavy atom. The van der Waals surface area contributed by atoms with Crippen molar-refractivity contribution in [1.82, 2.24) is 15.2 Å². The molecule has 2 heterocycles. The smallest absolute Gasteiger partial charge is 0.280 e. The SMILES string of the molecule is CC(C)(CCOc1n[nH]c(=O)c(Br)c1NCc1cccnc1)c1ccc(Cl)cc1. The number of rotatable bonds is 8. The molecule has 0 aliphatic rings. The van der Waals surface area contributed by atoms with E-state index in [4.69, 9.17) is 16.3 Å². The van der Waals surface area contributed by atoms with E-state index < -0.39 is 0 Å². The Bertz CT molecular complexity index is 1010. The number of hydrogen-bond acceptors (Lipinski definition) is 5. The summed E-state index contributed by atoms with van der Waals surface area (Å²) in [5.74, 6) is 0.340. The van der Waals surface area contributed by atoms with E-state index >= 15 is 0 Å². The van der Waals surface area contributed by atoms with Crippen molar-refractivity contribution in [1.29, 1.82) is 0 Å². The van der Waals surface area contributed by atoms with E-state index in [9.17, 15) is 4.79 Å². The van der Waals surface area contributed by atoms with Gasteiger partial charge in [0.1, 0.15) is 10.2 Å². The number of nitrogens with one attached hydrogen (secondary N) is 2. The van der Waals surface area contributed by atoms with Gasteiger partial charge in [-0.05, 0) is 57.1 Å². The number of nitrogens with zero attached hydrogens (tertiary/aromatic N) is 2. The number of H-pyrrole nitrogens is 1. The lowest BCUT2D eigenvalue weighted by molar-refractivity contribution is 0.262. The number of anilines is 1. The van der Waals surface area contributed by atoms with Crippen molar-refractivity contribution in [2.75, 3.05) is 11.9 Å². The van der Waals surface area contributed by atoms with Crippen LogP contribution in [0, 0.1) is 0 Å². The van der Waals surface area contributed by atoms with Gasteiger partial charge in [0.05, 0.1) is 6.61 Å². The van der Waals surface area contributed by atoms with Crippen LogP contribution in [0.4, 0.5) is 5.69 Å². The molecule has 0 bridgehead atoms. The lowest BCUT2D eigenvalue weighted by Gasteiger charge is -2.25. The Kier molecular flexibility index (Phi) is 6.92. The first-order chi connectivity index (χ1) is 13.9. The standard InChI is InChI=1S/C21H22BrClN4O2/c1-21(2,15-5-7-16(23)8-6-15)9-11-29-20-18(17(22)19(28)26-27-20)25-13-14-4-3-10-24-12-14/h3-8,10,12H,9,11,13H2,1-2H3,(H2,25,26,28). The third-order valence-corrected chi connectivity index (χ3v) is 5.68. The number of pyridine rings is 1. The highest BCUT2D eigenvalue weighted by Crippen LogP contribution is 2.31. The molecule has 0 unspecified atom stereocenters. The van der Waals surface area contributed by atoms with Gasteiger partial charge in [-0.1, -0.05) is 43.6 Å². The third-order valence-electron chi connectivity index (χ3n) is 4.68. The van der Waals surface area contributed by atoms with E-state index in [1.54, 1.807) is 12.4 Å². The first-order valence-electron chi connectivity index (χ1n) is 9.16. The predicted molar refractivity (Wildman–Crippen MR) is 119 cm³/mol. The van der Waals surface area contributed by atoms with Gasteiger partial charge in [-0.25, -0.2) is 5.10 Å². The number of hydrogen-bond donors (Lipinski definition) is 2. The van der Waals surface area contributed by atoms with Gasteiger partial charge in [-0.2, -0.15) is 0 Å². The van der Waals surface area contributed by atoms with Crippen LogP contribution in [-0.2, 0) is 12.0 Å². The van der Waals surface area contributed by atoms with Gasteiger partial charge in [-0.15, -0.1) is 5.10 Å². The van der Waals surface area contributed by atoms with Crippen molar-refractivity contribution < 1.29 is 4.74 Å². The average molecular weight is 478 g/mol. The number of aromatic nitrogens is 3. The topological polar surface area (TPSA) is 79.9 Å². The lowest BCUT2D eigenvalue weighted by atomic mass is 9.82. The first kappa shape index (κ1) is 21.3.